The van der Waals surface area contributed by atoms with E-state index in [9.17, 15) is 9.90 Å². The van der Waals surface area contributed by atoms with Crippen molar-refractivity contribution in [2.45, 2.75) is 31.3 Å². The van der Waals surface area contributed by atoms with E-state index in [-0.39, 0.29) is 0 Å². The van der Waals surface area contributed by atoms with E-state index in [1.165, 1.54) is 0 Å². The van der Waals surface area contributed by atoms with Crippen LogP contribution in [0.15, 0.2) is 12.1 Å². The Balaban J connectivity index is 2.53. The Hall–Kier alpha value is -1.75. The number of hydrogen-bond donors (Lipinski definition) is 1. The lowest BCUT2D eigenvalue weighted by Crippen LogP contribution is -2.42. The van der Waals surface area contributed by atoms with Crippen molar-refractivity contribution >= 4 is 5.97 Å². The van der Waals surface area contributed by atoms with E-state index in [1.54, 1.807) is 33.5 Å². The second-order valence-electron chi connectivity index (χ2n) is 5.03. The summed E-state index contributed by atoms with van der Waals surface area (Å²) in [5, 5.41) is 9.53. The van der Waals surface area contributed by atoms with Crippen molar-refractivity contribution < 1.29 is 24.1 Å². The van der Waals surface area contributed by atoms with Gasteiger partial charge in [0.05, 0.1) is 31.8 Å². The maximum Gasteiger partial charge on any atom is 0.314 e. The summed E-state index contributed by atoms with van der Waals surface area (Å²) in [6.07, 6.45) is 2.23. The van der Waals surface area contributed by atoms with Gasteiger partial charge in [-0.15, -0.1) is 0 Å². The Labute approximate surface area is 118 Å². The monoisotopic (exact) mass is 280 g/mol. The highest BCUT2D eigenvalue weighted by atomic mass is 16.5. The molecule has 0 saturated heterocycles. The van der Waals surface area contributed by atoms with Crippen LogP contribution in [-0.4, -0.2) is 32.4 Å². The molecule has 0 spiro atoms. The third-order valence-corrected chi connectivity index (χ3v) is 4.07. The summed E-state index contributed by atoms with van der Waals surface area (Å²) in [7, 11) is 4.72. The molecule has 0 atom stereocenters. The molecular weight excluding hydrogens is 260 g/mol. The Morgan fingerprint density at radius 3 is 2.05 bits per heavy atom. The van der Waals surface area contributed by atoms with Crippen molar-refractivity contribution in [2.75, 3.05) is 21.3 Å². The molecule has 0 aromatic heterocycles. The predicted octanol–water partition coefficient (Wildman–Crippen LogP) is 2.36. The lowest BCUT2D eigenvalue weighted by molar-refractivity contribution is -0.147. The number of carboxylic acids is 1. The average molecular weight is 280 g/mol. The molecular formula is C15H20O5. The zero-order valence-electron chi connectivity index (χ0n) is 12.1. The highest BCUT2D eigenvalue weighted by molar-refractivity contribution is 5.83. The summed E-state index contributed by atoms with van der Waals surface area (Å²) in [5.74, 6) is 0.426. The van der Waals surface area contributed by atoms with Gasteiger partial charge in [0.1, 0.15) is 11.5 Å². The van der Waals surface area contributed by atoms with E-state index in [2.05, 4.69) is 0 Å². The zero-order valence-corrected chi connectivity index (χ0v) is 12.1. The molecule has 0 unspecified atom stereocenters. The highest BCUT2D eigenvalue weighted by Crippen LogP contribution is 2.47. The molecule has 0 aliphatic heterocycles. The van der Waals surface area contributed by atoms with Crippen LogP contribution in [0.4, 0.5) is 0 Å². The fraction of sp³-hybridized carbons (Fsp3) is 0.533. The van der Waals surface area contributed by atoms with Crippen LogP contribution in [0.1, 0.15) is 30.4 Å². The van der Waals surface area contributed by atoms with Gasteiger partial charge in [-0.05, 0) is 30.5 Å². The second kappa shape index (κ2) is 5.71. The van der Waals surface area contributed by atoms with E-state index >= 15 is 0 Å². The molecule has 2 rings (SSSR count). The third kappa shape index (κ3) is 2.22. The molecule has 1 N–H and O–H groups in total. The van der Waals surface area contributed by atoms with Crippen LogP contribution in [0.2, 0.25) is 0 Å². The fourth-order valence-corrected chi connectivity index (χ4v) is 2.70. The van der Waals surface area contributed by atoms with Gasteiger partial charge < -0.3 is 19.3 Å². The number of hydrogen-bond acceptors (Lipinski definition) is 4. The van der Waals surface area contributed by atoms with Gasteiger partial charge in [0, 0.05) is 7.11 Å². The van der Waals surface area contributed by atoms with Crippen LogP contribution in [0.25, 0.3) is 0 Å². The Morgan fingerprint density at radius 1 is 1.20 bits per heavy atom. The molecule has 1 saturated carbocycles. The van der Waals surface area contributed by atoms with Crippen molar-refractivity contribution in [2.24, 2.45) is 0 Å². The van der Waals surface area contributed by atoms with Crippen molar-refractivity contribution in [1.82, 2.24) is 0 Å². The number of carbonyl (C=O) groups is 1. The van der Waals surface area contributed by atoms with Gasteiger partial charge in [-0.25, -0.2) is 0 Å². The van der Waals surface area contributed by atoms with E-state index in [0.29, 0.717) is 30.9 Å². The number of ether oxygens (including phenoxy) is 3. The molecule has 5 heteroatoms. The van der Waals surface area contributed by atoms with Crippen molar-refractivity contribution in [3.63, 3.8) is 0 Å². The summed E-state index contributed by atoms with van der Waals surface area (Å²) >= 11 is 0. The summed E-state index contributed by atoms with van der Waals surface area (Å²) in [6, 6.07) is 3.59. The molecule has 1 aliphatic rings. The molecule has 0 bridgehead atoms. The van der Waals surface area contributed by atoms with Gasteiger partial charge in [0.15, 0.2) is 0 Å². The fourth-order valence-electron chi connectivity index (χ4n) is 2.70. The molecule has 1 aromatic rings. The number of rotatable bonds is 6. The first kappa shape index (κ1) is 14.7. The van der Waals surface area contributed by atoms with Crippen molar-refractivity contribution in [3.05, 3.63) is 23.3 Å². The standard InChI is InChI=1S/C15H20O5/c1-18-9-11-12(19-2)7-10(8-13(11)20-3)15(14(16)17)5-4-6-15/h7-8H,4-6,9H2,1-3H3,(H,16,17). The third-order valence-electron chi connectivity index (χ3n) is 4.07. The zero-order chi connectivity index (χ0) is 14.8. The van der Waals surface area contributed by atoms with Crippen molar-refractivity contribution in [1.29, 1.82) is 0 Å². The van der Waals surface area contributed by atoms with E-state index in [0.717, 1.165) is 17.5 Å². The molecule has 110 valence electrons. The second-order valence-corrected chi connectivity index (χ2v) is 5.03. The summed E-state index contributed by atoms with van der Waals surface area (Å²) in [6.45, 7) is 0.354. The first-order valence-corrected chi connectivity index (χ1v) is 6.56. The van der Waals surface area contributed by atoms with Gasteiger partial charge in [-0.1, -0.05) is 6.42 Å². The first-order chi connectivity index (χ1) is 9.58. The normalized spacial score (nSPS) is 16.4. The number of carboxylic acid groups (broad SMARTS) is 1. The Kier molecular flexibility index (Phi) is 4.18. The number of aliphatic carboxylic acids is 1. The minimum absolute atomic E-state index is 0.354. The lowest BCUT2D eigenvalue weighted by atomic mass is 9.64. The van der Waals surface area contributed by atoms with Gasteiger partial charge in [-0.2, -0.15) is 0 Å². The molecule has 1 aromatic carbocycles. The molecule has 0 heterocycles. The molecule has 1 fully saturated rings. The van der Waals surface area contributed by atoms with Gasteiger partial charge in [0.25, 0.3) is 0 Å². The topological polar surface area (TPSA) is 65.0 Å². The van der Waals surface area contributed by atoms with Crippen LogP contribution in [-0.2, 0) is 21.6 Å². The maximum absolute atomic E-state index is 11.6. The van der Waals surface area contributed by atoms with Crippen LogP contribution in [0.3, 0.4) is 0 Å². The predicted molar refractivity (Wildman–Crippen MR) is 73.4 cm³/mol. The number of methoxy groups -OCH3 is 3. The Morgan fingerprint density at radius 2 is 1.75 bits per heavy atom. The Bertz CT molecular complexity index is 480. The summed E-state index contributed by atoms with van der Waals surface area (Å²) < 4.78 is 15.9. The molecule has 1 aliphatic carbocycles. The molecule has 0 amide bonds. The lowest BCUT2D eigenvalue weighted by Gasteiger charge is -2.38. The summed E-state index contributed by atoms with van der Waals surface area (Å²) in [4.78, 5) is 11.6. The maximum atomic E-state index is 11.6. The van der Waals surface area contributed by atoms with E-state index in [1.807, 2.05) is 0 Å². The van der Waals surface area contributed by atoms with Gasteiger partial charge in [0.2, 0.25) is 0 Å². The van der Waals surface area contributed by atoms with Crippen LogP contribution >= 0.6 is 0 Å². The molecule has 20 heavy (non-hydrogen) atoms. The summed E-state index contributed by atoms with van der Waals surface area (Å²) in [5.41, 5.74) is 0.734. The van der Waals surface area contributed by atoms with E-state index in [4.69, 9.17) is 14.2 Å². The van der Waals surface area contributed by atoms with Crippen molar-refractivity contribution in [3.8, 4) is 11.5 Å². The largest absolute Gasteiger partial charge is 0.496 e. The quantitative estimate of drug-likeness (QED) is 0.866. The minimum Gasteiger partial charge on any atom is -0.496 e. The number of benzene rings is 1. The smallest absolute Gasteiger partial charge is 0.314 e. The molecule has 5 nitrogen and oxygen atoms in total. The highest BCUT2D eigenvalue weighted by Gasteiger charge is 2.46. The SMILES string of the molecule is COCc1c(OC)cc(C2(C(=O)O)CCC2)cc1OC. The average Bonchev–Trinajstić information content (AvgIpc) is 2.38. The van der Waals surface area contributed by atoms with Gasteiger partial charge in [-0.3, -0.25) is 4.79 Å². The van der Waals surface area contributed by atoms with Crippen LogP contribution in [0, 0.1) is 0 Å². The van der Waals surface area contributed by atoms with Crippen LogP contribution in [0.5, 0.6) is 11.5 Å². The van der Waals surface area contributed by atoms with Crippen LogP contribution < -0.4 is 9.47 Å². The minimum atomic E-state index is -0.799. The first-order valence-electron chi connectivity index (χ1n) is 6.56. The molecule has 0 radical (unpaired) electrons. The van der Waals surface area contributed by atoms with Gasteiger partial charge >= 0.3 is 5.97 Å². The van der Waals surface area contributed by atoms with E-state index < -0.39 is 11.4 Å².